The van der Waals surface area contributed by atoms with Crippen LogP contribution in [0, 0.1) is 5.82 Å². The van der Waals surface area contributed by atoms with E-state index in [0.717, 1.165) is 12.0 Å². The molecule has 0 spiro atoms. The highest BCUT2D eigenvalue weighted by molar-refractivity contribution is 9.08. The van der Waals surface area contributed by atoms with Gasteiger partial charge in [0, 0.05) is 5.33 Å². The fraction of sp³-hybridized carbons (Fsp3) is 0.250. The molecular formula is C16H16BrFO2. The van der Waals surface area contributed by atoms with Gasteiger partial charge in [0.1, 0.15) is 0 Å². The van der Waals surface area contributed by atoms with Crippen molar-refractivity contribution in [2.45, 2.75) is 18.7 Å². The van der Waals surface area contributed by atoms with Crippen molar-refractivity contribution >= 4 is 15.9 Å². The van der Waals surface area contributed by atoms with Crippen LogP contribution in [0.25, 0.3) is 0 Å². The highest BCUT2D eigenvalue weighted by atomic mass is 79.9. The zero-order chi connectivity index (χ0) is 14.4. The van der Waals surface area contributed by atoms with Gasteiger partial charge in [-0.2, -0.15) is 0 Å². The summed E-state index contributed by atoms with van der Waals surface area (Å²) < 4.78 is 25.1. The lowest BCUT2D eigenvalue weighted by Gasteiger charge is -2.12. The minimum absolute atomic E-state index is 0.197. The third-order valence-corrected chi connectivity index (χ3v) is 3.33. The molecule has 0 heterocycles. The van der Waals surface area contributed by atoms with Crippen molar-refractivity contribution < 1.29 is 13.9 Å². The summed E-state index contributed by atoms with van der Waals surface area (Å²) in [6.07, 6.45) is 0.905. The summed E-state index contributed by atoms with van der Waals surface area (Å²) in [5.41, 5.74) is 0.866. The lowest BCUT2D eigenvalue weighted by molar-refractivity contribution is 0.300. The highest BCUT2D eigenvalue weighted by Gasteiger charge is 2.09. The van der Waals surface area contributed by atoms with E-state index in [2.05, 4.69) is 15.9 Å². The Morgan fingerprint density at radius 3 is 2.45 bits per heavy atom. The molecule has 2 aromatic rings. The first-order valence-electron chi connectivity index (χ1n) is 6.48. The first-order chi connectivity index (χ1) is 9.74. The van der Waals surface area contributed by atoms with E-state index in [-0.39, 0.29) is 11.6 Å². The van der Waals surface area contributed by atoms with Crippen molar-refractivity contribution in [2.24, 2.45) is 0 Å². The fourth-order valence-electron chi connectivity index (χ4n) is 1.69. The van der Waals surface area contributed by atoms with E-state index in [0.29, 0.717) is 23.4 Å². The molecule has 0 unspecified atom stereocenters. The topological polar surface area (TPSA) is 18.5 Å². The Morgan fingerprint density at radius 2 is 1.80 bits per heavy atom. The van der Waals surface area contributed by atoms with Gasteiger partial charge in [0.05, 0.1) is 6.61 Å². The monoisotopic (exact) mass is 338 g/mol. The van der Waals surface area contributed by atoms with E-state index >= 15 is 0 Å². The molecule has 2 aromatic carbocycles. The summed E-state index contributed by atoms with van der Waals surface area (Å²) in [7, 11) is 0. The number of para-hydroxylation sites is 2. The molecular weight excluding hydrogens is 323 g/mol. The maximum absolute atomic E-state index is 13.9. The van der Waals surface area contributed by atoms with Crippen molar-refractivity contribution in [1.29, 1.82) is 0 Å². The van der Waals surface area contributed by atoms with E-state index < -0.39 is 0 Å². The minimum atomic E-state index is -0.382. The number of hydrogen-bond donors (Lipinski definition) is 0. The molecule has 106 valence electrons. The summed E-state index contributed by atoms with van der Waals surface area (Å²) in [5.74, 6) is 0.958. The Hall–Kier alpha value is -1.55. The summed E-state index contributed by atoms with van der Waals surface area (Å²) in [6.45, 7) is 2.63. The molecule has 0 aliphatic carbocycles. The number of benzene rings is 2. The number of hydrogen-bond acceptors (Lipinski definition) is 2. The third-order valence-electron chi connectivity index (χ3n) is 2.68. The molecule has 20 heavy (non-hydrogen) atoms. The van der Waals surface area contributed by atoms with Gasteiger partial charge >= 0.3 is 0 Å². The second kappa shape index (κ2) is 7.29. The second-order valence-electron chi connectivity index (χ2n) is 4.30. The van der Waals surface area contributed by atoms with Crippen LogP contribution in [0.4, 0.5) is 4.39 Å². The van der Waals surface area contributed by atoms with E-state index in [9.17, 15) is 4.39 Å². The number of alkyl halides is 1. The second-order valence-corrected chi connectivity index (χ2v) is 4.86. The Kier molecular flexibility index (Phi) is 5.41. The molecule has 0 saturated heterocycles. The molecule has 0 fully saturated rings. The van der Waals surface area contributed by atoms with E-state index in [1.165, 1.54) is 6.07 Å². The van der Waals surface area contributed by atoms with Crippen LogP contribution in [-0.2, 0) is 5.33 Å². The predicted octanol–water partition coefficient (Wildman–Crippen LogP) is 5.30. The fourth-order valence-corrected chi connectivity index (χ4v) is 2.04. The molecule has 0 saturated carbocycles. The first kappa shape index (κ1) is 14.9. The SMILES string of the molecule is CCCOc1ccccc1Oc1ccc(CBr)cc1F. The van der Waals surface area contributed by atoms with Crippen LogP contribution in [0.1, 0.15) is 18.9 Å². The van der Waals surface area contributed by atoms with Gasteiger partial charge in [-0.1, -0.05) is 41.1 Å². The molecule has 0 amide bonds. The van der Waals surface area contributed by atoms with Gasteiger partial charge in [-0.3, -0.25) is 0 Å². The Morgan fingerprint density at radius 1 is 1.05 bits per heavy atom. The van der Waals surface area contributed by atoms with Gasteiger partial charge < -0.3 is 9.47 Å². The number of rotatable bonds is 6. The largest absolute Gasteiger partial charge is 0.490 e. The van der Waals surface area contributed by atoms with Gasteiger partial charge in [-0.05, 0) is 36.2 Å². The molecule has 4 heteroatoms. The van der Waals surface area contributed by atoms with Crippen LogP contribution in [0.2, 0.25) is 0 Å². The highest BCUT2D eigenvalue weighted by Crippen LogP contribution is 2.33. The maximum atomic E-state index is 13.9. The Balaban J connectivity index is 2.21. The summed E-state index contributed by atoms with van der Waals surface area (Å²) in [4.78, 5) is 0. The van der Waals surface area contributed by atoms with Crippen LogP contribution in [0.15, 0.2) is 42.5 Å². The molecule has 0 N–H and O–H groups in total. The minimum Gasteiger partial charge on any atom is -0.490 e. The summed E-state index contributed by atoms with van der Waals surface area (Å²) in [6, 6.07) is 12.2. The summed E-state index contributed by atoms with van der Waals surface area (Å²) >= 11 is 3.30. The van der Waals surface area contributed by atoms with Gasteiger partial charge in [0.25, 0.3) is 0 Å². The van der Waals surface area contributed by atoms with Crippen molar-refractivity contribution in [2.75, 3.05) is 6.61 Å². The molecule has 0 bridgehead atoms. The molecule has 0 radical (unpaired) electrons. The van der Waals surface area contributed by atoms with Gasteiger partial charge in [0.2, 0.25) is 0 Å². The van der Waals surface area contributed by atoms with Crippen LogP contribution < -0.4 is 9.47 Å². The zero-order valence-corrected chi connectivity index (χ0v) is 12.8. The molecule has 0 aromatic heterocycles. The van der Waals surface area contributed by atoms with Crippen LogP contribution in [0.5, 0.6) is 17.2 Å². The average molecular weight is 339 g/mol. The average Bonchev–Trinajstić information content (AvgIpc) is 2.48. The van der Waals surface area contributed by atoms with Crippen molar-refractivity contribution in [3.63, 3.8) is 0 Å². The quantitative estimate of drug-likeness (QED) is 0.665. The van der Waals surface area contributed by atoms with Crippen LogP contribution in [-0.4, -0.2) is 6.61 Å². The molecule has 0 aliphatic rings. The van der Waals surface area contributed by atoms with Crippen molar-refractivity contribution in [3.05, 3.63) is 53.8 Å². The van der Waals surface area contributed by atoms with E-state index in [1.54, 1.807) is 12.1 Å². The smallest absolute Gasteiger partial charge is 0.169 e. The first-order valence-corrected chi connectivity index (χ1v) is 7.60. The maximum Gasteiger partial charge on any atom is 0.169 e. The molecule has 2 rings (SSSR count). The van der Waals surface area contributed by atoms with Crippen molar-refractivity contribution in [1.82, 2.24) is 0 Å². The number of halogens is 2. The molecule has 2 nitrogen and oxygen atoms in total. The van der Waals surface area contributed by atoms with Crippen LogP contribution >= 0.6 is 15.9 Å². The summed E-state index contributed by atoms with van der Waals surface area (Å²) in [5, 5.41) is 0.612. The van der Waals surface area contributed by atoms with Crippen molar-refractivity contribution in [3.8, 4) is 17.2 Å². The Bertz CT molecular complexity index is 572. The lowest BCUT2D eigenvalue weighted by atomic mass is 10.2. The van der Waals surface area contributed by atoms with E-state index in [4.69, 9.17) is 9.47 Å². The standard InChI is InChI=1S/C16H16BrFO2/c1-2-9-19-15-5-3-4-6-16(15)20-14-8-7-12(11-17)10-13(14)18/h3-8,10H,2,9,11H2,1H3. The van der Waals surface area contributed by atoms with E-state index in [1.807, 2.05) is 31.2 Å². The van der Waals surface area contributed by atoms with Gasteiger partial charge in [-0.15, -0.1) is 0 Å². The van der Waals surface area contributed by atoms with Gasteiger partial charge in [0.15, 0.2) is 23.1 Å². The Labute approximate surface area is 126 Å². The third kappa shape index (κ3) is 3.73. The van der Waals surface area contributed by atoms with Gasteiger partial charge in [-0.25, -0.2) is 4.39 Å². The lowest BCUT2D eigenvalue weighted by Crippen LogP contribution is -1.98. The van der Waals surface area contributed by atoms with Crippen LogP contribution in [0.3, 0.4) is 0 Å². The number of ether oxygens (including phenoxy) is 2. The predicted molar refractivity (Wildman–Crippen MR) is 81.3 cm³/mol. The molecule has 0 aliphatic heterocycles. The normalized spacial score (nSPS) is 10.3. The molecule has 0 atom stereocenters. The zero-order valence-electron chi connectivity index (χ0n) is 11.2.